The van der Waals surface area contributed by atoms with Crippen molar-refractivity contribution in [3.63, 3.8) is 0 Å². The molecule has 0 saturated carbocycles. The van der Waals surface area contributed by atoms with Crippen LogP contribution in [0.3, 0.4) is 0 Å². The molecule has 2 heterocycles. The molecular formula is C14H15N3O2S. The molecule has 0 unspecified atom stereocenters. The molecule has 3 rings (SSSR count). The average molecular weight is 289 g/mol. The Kier molecular flexibility index (Phi) is 3.75. The minimum atomic E-state index is -0.220. The van der Waals surface area contributed by atoms with Crippen LogP contribution in [0.4, 0.5) is 0 Å². The summed E-state index contributed by atoms with van der Waals surface area (Å²) in [4.78, 5) is 4.38. The lowest BCUT2D eigenvalue weighted by molar-refractivity contribution is 0.353. The van der Waals surface area contributed by atoms with Crippen LogP contribution in [-0.2, 0) is 0 Å². The van der Waals surface area contributed by atoms with Gasteiger partial charge in [0.2, 0.25) is 11.7 Å². The monoisotopic (exact) mass is 289 g/mol. The number of hydrogen-bond donors (Lipinski definition) is 1. The van der Waals surface area contributed by atoms with Gasteiger partial charge in [-0.3, -0.25) is 0 Å². The summed E-state index contributed by atoms with van der Waals surface area (Å²) in [6, 6.07) is 7.53. The normalized spacial score (nSPS) is 12.9. The van der Waals surface area contributed by atoms with Crippen LogP contribution in [0.1, 0.15) is 18.4 Å². The van der Waals surface area contributed by atoms with Crippen LogP contribution in [0.5, 0.6) is 0 Å². The Hall–Kier alpha value is -1.79. The summed E-state index contributed by atoms with van der Waals surface area (Å²) in [5, 5.41) is 4.97. The highest BCUT2D eigenvalue weighted by Gasteiger charge is 2.18. The van der Waals surface area contributed by atoms with Gasteiger partial charge in [0.15, 0.2) is 0 Å². The molecule has 1 aromatic carbocycles. The fourth-order valence-corrected chi connectivity index (χ4v) is 2.50. The van der Waals surface area contributed by atoms with Gasteiger partial charge < -0.3 is 14.7 Å². The van der Waals surface area contributed by atoms with Crippen LogP contribution < -0.4 is 5.73 Å². The first-order valence-corrected chi connectivity index (χ1v) is 7.73. The molecule has 0 aliphatic carbocycles. The zero-order valence-corrected chi connectivity index (χ0v) is 11.9. The molecule has 0 radical (unpaired) electrons. The van der Waals surface area contributed by atoms with Gasteiger partial charge in [-0.05, 0) is 24.5 Å². The number of para-hydroxylation sites is 1. The van der Waals surface area contributed by atoms with Crippen molar-refractivity contribution in [3.8, 4) is 11.4 Å². The molecule has 0 saturated heterocycles. The molecule has 2 aromatic heterocycles. The van der Waals surface area contributed by atoms with E-state index in [1.807, 2.05) is 30.5 Å². The van der Waals surface area contributed by atoms with E-state index in [1.165, 1.54) is 0 Å². The zero-order chi connectivity index (χ0) is 13.9. The first kappa shape index (κ1) is 13.2. The summed E-state index contributed by atoms with van der Waals surface area (Å²) >= 11 is 1.75. The van der Waals surface area contributed by atoms with E-state index in [9.17, 15) is 0 Å². The van der Waals surface area contributed by atoms with Gasteiger partial charge in [-0.2, -0.15) is 16.7 Å². The second-order valence-corrected chi connectivity index (χ2v) is 5.48. The number of rotatable bonds is 5. The third kappa shape index (κ3) is 2.44. The van der Waals surface area contributed by atoms with Gasteiger partial charge >= 0.3 is 0 Å². The Labute approximate surface area is 120 Å². The minimum absolute atomic E-state index is 0.220. The quantitative estimate of drug-likeness (QED) is 0.777. The number of hydrogen-bond acceptors (Lipinski definition) is 6. The number of furan rings is 1. The van der Waals surface area contributed by atoms with E-state index < -0.39 is 0 Å². The topological polar surface area (TPSA) is 78.1 Å². The summed E-state index contributed by atoms with van der Waals surface area (Å²) in [5.41, 5.74) is 7.66. The van der Waals surface area contributed by atoms with E-state index >= 15 is 0 Å². The lowest BCUT2D eigenvalue weighted by Crippen LogP contribution is -2.11. The maximum Gasteiger partial charge on any atom is 0.243 e. The van der Waals surface area contributed by atoms with Gasteiger partial charge in [-0.25, -0.2) is 0 Å². The molecule has 0 aliphatic rings. The number of aromatic nitrogens is 2. The largest absolute Gasteiger partial charge is 0.464 e. The number of benzene rings is 1. The third-order valence-electron chi connectivity index (χ3n) is 3.11. The van der Waals surface area contributed by atoms with Crippen molar-refractivity contribution >= 4 is 22.7 Å². The van der Waals surface area contributed by atoms with E-state index in [-0.39, 0.29) is 6.04 Å². The van der Waals surface area contributed by atoms with Crippen molar-refractivity contribution in [1.82, 2.24) is 10.1 Å². The molecule has 3 aromatic rings. The van der Waals surface area contributed by atoms with Gasteiger partial charge in [0.1, 0.15) is 11.8 Å². The summed E-state index contributed by atoms with van der Waals surface area (Å²) < 4.78 is 10.7. The molecule has 0 bridgehead atoms. The van der Waals surface area contributed by atoms with Crippen LogP contribution in [0, 0.1) is 0 Å². The smallest absolute Gasteiger partial charge is 0.243 e. The predicted molar refractivity (Wildman–Crippen MR) is 79.4 cm³/mol. The lowest BCUT2D eigenvalue weighted by Gasteiger charge is -2.03. The number of thioether (sulfide) groups is 1. The van der Waals surface area contributed by atoms with Gasteiger partial charge in [0.05, 0.1) is 11.6 Å². The Morgan fingerprint density at radius 3 is 3.05 bits per heavy atom. The molecular weight excluding hydrogens is 274 g/mol. The maximum absolute atomic E-state index is 6.03. The predicted octanol–water partition coefficient (Wildman–Crippen LogP) is 3.24. The van der Waals surface area contributed by atoms with Crippen LogP contribution >= 0.6 is 11.8 Å². The van der Waals surface area contributed by atoms with Crippen LogP contribution in [0.15, 0.2) is 39.5 Å². The lowest BCUT2D eigenvalue weighted by atomic mass is 10.1. The zero-order valence-electron chi connectivity index (χ0n) is 11.1. The third-order valence-corrected chi connectivity index (χ3v) is 3.76. The van der Waals surface area contributed by atoms with Crippen molar-refractivity contribution in [2.75, 3.05) is 12.0 Å². The SMILES string of the molecule is CSCC[C@@H](N)c1nc(-c2coc3ccccc23)no1. The van der Waals surface area contributed by atoms with Crippen molar-refractivity contribution in [2.45, 2.75) is 12.5 Å². The summed E-state index contributed by atoms with van der Waals surface area (Å²) in [7, 11) is 0. The second kappa shape index (κ2) is 5.68. The number of fused-ring (bicyclic) bond motifs is 1. The standard InChI is InChI=1S/C14H15N3O2S/c1-20-7-6-11(15)14-16-13(17-19-14)10-8-18-12-5-3-2-4-9(10)12/h2-5,8,11H,6-7,15H2,1H3/t11-/m1/s1. The van der Waals surface area contributed by atoms with Crippen LogP contribution in [0.2, 0.25) is 0 Å². The minimum Gasteiger partial charge on any atom is -0.464 e. The van der Waals surface area contributed by atoms with Crippen molar-refractivity contribution < 1.29 is 8.94 Å². The van der Waals surface area contributed by atoms with Gasteiger partial charge in [0, 0.05) is 5.39 Å². The summed E-state index contributed by atoms with van der Waals surface area (Å²) in [6.45, 7) is 0. The fourth-order valence-electron chi connectivity index (χ4n) is 2.01. The molecule has 6 heteroatoms. The molecule has 20 heavy (non-hydrogen) atoms. The van der Waals surface area contributed by atoms with Crippen molar-refractivity contribution in [2.24, 2.45) is 5.73 Å². The Morgan fingerprint density at radius 1 is 1.35 bits per heavy atom. The molecule has 0 aliphatic heterocycles. The van der Waals surface area contributed by atoms with Gasteiger partial charge in [0.25, 0.3) is 0 Å². The molecule has 1 atom stereocenters. The van der Waals surface area contributed by atoms with E-state index in [4.69, 9.17) is 14.7 Å². The Morgan fingerprint density at radius 2 is 2.20 bits per heavy atom. The van der Waals surface area contributed by atoms with E-state index in [0.717, 1.165) is 28.7 Å². The molecule has 0 spiro atoms. The second-order valence-electron chi connectivity index (χ2n) is 4.49. The van der Waals surface area contributed by atoms with Gasteiger partial charge in [-0.15, -0.1) is 0 Å². The highest BCUT2D eigenvalue weighted by Crippen LogP contribution is 2.29. The average Bonchev–Trinajstić information content (AvgIpc) is 3.10. The number of nitrogens with two attached hydrogens (primary N) is 1. The Bertz CT molecular complexity index is 707. The molecule has 5 nitrogen and oxygen atoms in total. The molecule has 0 fully saturated rings. The van der Waals surface area contributed by atoms with Gasteiger partial charge in [-0.1, -0.05) is 23.4 Å². The van der Waals surface area contributed by atoms with Crippen molar-refractivity contribution in [1.29, 1.82) is 0 Å². The Balaban J connectivity index is 1.90. The highest BCUT2D eigenvalue weighted by atomic mass is 32.2. The van der Waals surface area contributed by atoms with E-state index in [2.05, 4.69) is 10.1 Å². The molecule has 0 amide bonds. The molecule has 2 N–H and O–H groups in total. The first-order chi connectivity index (χ1) is 9.79. The van der Waals surface area contributed by atoms with Crippen LogP contribution in [-0.4, -0.2) is 22.1 Å². The van der Waals surface area contributed by atoms with Crippen molar-refractivity contribution in [3.05, 3.63) is 36.4 Å². The van der Waals surface area contributed by atoms with E-state index in [0.29, 0.717) is 11.7 Å². The molecule has 104 valence electrons. The van der Waals surface area contributed by atoms with Crippen LogP contribution in [0.25, 0.3) is 22.4 Å². The fraction of sp³-hybridized carbons (Fsp3) is 0.286. The maximum atomic E-state index is 6.03. The van der Waals surface area contributed by atoms with E-state index in [1.54, 1.807) is 18.0 Å². The summed E-state index contributed by atoms with van der Waals surface area (Å²) in [6.07, 6.45) is 4.51. The number of nitrogens with zero attached hydrogens (tertiary/aromatic N) is 2. The first-order valence-electron chi connectivity index (χ1n) is 6.34. The summed E-state index contributed by atoms with van der Waals surface area (Å²) in [5.74, 6) is 1.96. The highest BCUT2D eigenvalue weighted by molar-refractivity contribution is 7.98.